The summed E-state index contributed by atoms with van der Waals surface area (Å²) in [5, 5.41) is 16.7. The summed E-state index contributed by atoms with van der Waals surface area (Å²) in [6, 6.07) is -4.21. The molecule has 0 aliphatic heterocycles. The molecule has 11 nitrogen and oxygen atoms in total. The fraction of sp³-hybridized carbons (Fsp3) is 0.750. The van der Waals surface area contributed by atoms with Crippen LogP contribution >= 0.6 is 12.6 Å². The Morgan fingerprint density at radius 2 is 1.28 bits per heavy atom. The quantitative estimate of drug-likeness (QED) is 0.150. The highest BCUT2D eigenvalue weighted by atomic mass is 32.1. The minimum absolute atomic E-state index is 0.0107. The van der Waals surface area contributed by atoms with E-state index in [1.54, 1.807) is 0 Å². The maximum atomic E-state index is 12.7. The smallest absolute Gasteiger partial charge is 0.326 e. The molecule has 4 amide bonds. The number of carbonyl (C=O) groups is 5. The van der Waals surface area contributed by atoms with Crippen molar-refractivity contribution in [1.29, 1.82) is 0 Å². The SMILES string of the molecule is CC(C)CC(N)C(=O)NC(CS)C(=O)NC(CC(C)C)C(=O)NC(CCC(N)=O)C(=O)O. The lowest BCUT2D eigenvalue weighted by molar-refractivity contribution is -0.142. The number of carbonyl (C=O) groups excluding carboxylic acids is 4. The molecule has 0 saturated carbocycles. The summed E-state index contributed by atoms with van der Waals surface area (Å²) in [6.07, 6.45) is 0.261. The lowest BCUT2D eigenvalue weighted by atomic mass is 10.0. The number of nitrogens with two attached hydrogens (primary N) is 2. The van der Waals surface area contributed by atoms with Crippen LogP contribution in [-0.2, 0) is 24.0 Å². The van der Waals surface area contributed by atoms with Crippen molar-refractivity contribution < 1.29 is 29.1 Å². The van der Waals surface area contributed by atoms with Crippen molar-refractivity contribution in [1.82, 2.24) is 16.0 Å². The normalized spacial score (nSPS) is 14.9. The topological polar surface area (TPSA) is 194 Å². The van der Waals surface area contributed by atoms with E-state index in [0.29, 0.717) is 6.42 Å². The molecule has 8 N–H and O–H groups in total. The molecular weight excluding hydrogens is 438 g/mol. The predicted octanol–water partition coefficient (Wildman–Crippen LogP) is -0.860. The molecule has 32 heavy (non-hydrogen) atoms. The highest BCUT2D eigenvalue weighted by Crippen LogP contribution is 2.08. The number of hydrogen-bond acceptors (Lipinski definition) is 7. The van der Waals surface area contributed by atoms with Crippen LogP contribution in [0.2, 0.25) is 0 Å². The van der Waals surface area contributed by atoms with Crippen molar-refractivity contribution in [3.8, 4) is 0 Å². The third kappa shape index (κ3) is 11.9. The van der Waals surface area contributed by atoms with Gasteiger partial charge in [-0.3, -0.25) is 19.2 Å². The molecule has 0 saturated heterocycles. The molecule has 184 valence electrons. The second-order valence-corrected chi connectivity index (χ2v) is 8.94. The van der Waals surface area contributed by atoms with Gasteiger partial charge in [0, 0.05) is 12.2 Å². The summed E-state index contributed by atoms with van der Waals surface area (Å²) in [5.41, 5.74) is 10.9. The van der Waals surface area contributed by atoms with Crippen LogP contribution < -0.4 is 27.4 Å². The Kier molecular flexibility index (Phi) is 13.6. The molecule has 0 spiro atoms. The van der Waals surface area contributed by atoms with Gasteiger partial charge in [0.15, 0.2) is 0 Å². The van der Waals surface area contributed by atoms with Crippen LogP contribution in [0.4, 0.5) is 0 Å². The molecule has 0 heterocycles. The molecule has 4 unspecified atom stereocenters. The van der Waals surface area contributed by atoms with E-state index >= 15 is 0 Å². The minimum atomic E-state index is -1.34. The maximum absolute atomic E-state index is 12.7. The molecule has 0 fully saturated rings. The molecule has 0 aromatic rings. The zero-order valence-electron chi connectivity index (χ0n) is 19.1. The molecule has 12 heteroatoms. The molecule has 4 atom stereocenters. The van der Waals surface area contributed by atoms with Crippen LogP contribution in [-0.4, -0.2) is 64.6 Å². The van der Waals surface area contributed by atoms with Gasteiger partial charge < -0.3 is 32.5 Å². The molecular formula is C20H37N5O6S. The first kappa shape index (κ1) is 29.7. The number of carboxylic acid groups (broad SMARTS) is 1. The second kappa shape index (κ2) is 14.7. The van der Waals surface area contributed by atoms with Crippen molar-refractivity contribution in [3.63, 3.8) is 0 Å². The van der Waals surface area contributed by atoms with Gasteiger partial charge in [-0.2, -0.15) is 12.6 Å². The van der Waals surface area contributed by atoms with E-state index in [9.17, 15) is 29.1 Å². The van der Waals surface area contributed by atoms with E-state index in [-0.39, 0.29) is 36.9 Å². The summed E-state index contributed by atoms with van der Waals surface area (Å²) < 4.78 is 0. The zero-order valence-corrected chi connectivity index (χ0v) is 20.0. The number of hydrogen-bond donors (Lipinski definition) is 7. The average molecular weight is 476 g/mol. The third-order valence-electron chi connectivity index (χ3n) is 4.51. The molecule has 0 bridgehead atoms. The van der Waals surface area contributed by atoms with E-state index in [0.717, 1.165) is 0 Å². The molecule has 0 aliphatic rings. The number of nitrogens with one attached hydrogen (secondary N) is 3. The highest BCUT2D eigenvalue weighted by molar-refractivity contribution is 7.80. The predicted molar refractivity (Wildman–Crippen MR) is 123 cm³/mol. The number of rotatable bonds is 15. The van der Waals surface area contributed by atoms with E-state index in [1.165, 1.54) is 0 Å². The van der Waals surface area contributed by atoms with Gasteiger partial charge in [-0.1, -0.05) is 27.7 Å². The van der Waals surface area contributed by atoms with E-state index in [1.807, 2.05) is 27.7 Å². The van der Waals surface area contributed by atoms with Gasteiger partial charge >= 0.3 is 5.97 Å². The second-order valence-electron chi connectivity index (χ2n) is 8.57. The largest absolute Gasteiger partial charge is 0.480 e. The molecule has 0 radical (unpaired) electrons. The van der Waals surface area contributed by atoms with Gasteiger partial charge in [0.05, 0.1) is 6.04 Å². The van der Waals surface area contributed by atoms with E-state index in [2.05, 4.69) is 28.6 Å². The Labute approximate surface area is 194 Å². The summed E-state index contributed by atoms with van der Waals surface area (Å²) in [6.45, 7) is 7.49. The van der Waals surface area contributed by atoms with Gasteiger partial charge in [-0.15, -0.1) is 0 Å². The van der Waals surface area contributed by atoms with Crippen molar-refractivity contribution in [2.75, 3.05) is 5.75 Å². The van der Waals surface area contributed by atoms with E-state index in [4.69, 9.17) is 11.5 Å². The summed E-state index contributed by atoms with van der Waals surface area (Å²) in [7, 11) is 0. The minimum Gasteiger partial charge on any atom is -0.480 e. The number of amides is 4. The average Bonchev–Trinajstić information content (AvgIpc) is 2.66. The van der Waals surface area contributed by atoms with E-state index < -0.39 is 53.8 Å². The van der Waals surface area contributed by atoms with Crippen molar-refractivity contribution in [2.24, 2.45) is 23.3 Å². The van der Waals surface area contributed by atoms with Gasteiger partial charge in [-0.05, 0) is 31.1 Å². The van der Waals surface area contributed by atoms with Gasteiger partial charge in [0.1, 0.15) is 18.1 Å². The lowest BCUT2D eigenvalue weighted by Gasteiger charge is -2.25. The molecule has 0 aromatic carbocycles. The molecule has 0 aliphatic carbocycles. The van der Waals surface area contributed by atoms with Crippen LogP contribution in [0.3, 0.4) is 0 Å². The van der Waals surface area contributed by atoms with Crippen molar-refractivity contribution in [2.45, 2.75) is 77.5 Å². The number of carboxylic acids is 1. The standard InChI is InChI=1S/C20H37N5O6S/c1-10(2)7-12(21)17(27)25-15(9-32)19(29)24-14(8-11(3)4)18(28)23-13(20(30)31)5-6-16(22)26/h10-15,32H,5-9,21H2,1-4H3,(H2,22,26)(H,23,28)(H,24,29)(H,25,27)(H,30,31). The van der Waals surface area contributed by atoms with Gasteiger partial charge in [0.25, 0.3) is 0 Å². The van der Waals surface area contributed by atoms with Crippen molar-refractivity contribution >= 4 is 42.2 Å². The Bertz CT molecular complexity index is 673. The van der Waals surface area contributed by atoms with Crippen molar-refractivity contribution in [3.05, 3.63) is 0 Å². The third-order valence-corrected chi connectivity index (χ3v) is 4.88. The first-order valence-electron chi connectivity index (χ1n) is 10.6. The maximum Gasteiger partial charge on any atom is 0.326 e. The Hall–Kier alpha value is -2.34. The van der Waals surface area contributed by atoms with Crippen LogP contribution in [0.25, 0.3) is 0 Å². The number of thiol groups is 1. The first-order chi connectivity index (χ1) is 14.8. The molecule has 0 aromatic heterocycles. The Morgan fingerprint density at radius 3 is 1.72 bits per heavy atom. The summed E-state index contributed by atoms with van der Waals surface area (Å²) in [5.74, 6) is -3.74. The lowest BCUT2D eigenvalue weighted by Crippen LogP contribution is -2.58. The molecule has 0 rings (SSSR count). The Morgan fingerprint density at radius 1 is 0.812 bits per heavy atom. The number of primary amides is 1. The fourth-order valence-corrected chi connectivity index (χ4v) is 3.14. The monoisotopic (exact) mass is 475 g/mol. The summed E-state index contributed by atoms with van der Waals surface area (Å²) in [4.78, 5) is 60.0. The zero-order chi connectivity index (χ0) is 25.0. The van der Waals surface area contributed by atoms with Crippen LogP contribution in [0.1, 0.15) is 53.4 Å². The fourth-order valence-electron chi connectivity index (χ4n) is 2.88. The van der Waals surface area contributed by atoms with Crippen LogP contribution in [0.5, 0.6) is 0 Å². The Balaban J connectivity index is 5.26. The van der Waals surface area contributed by atoms with Gasteiger partial charge in [-0.25, -0.2) is 4.79 Å². The van der Waals surface area contributed by atoms with Crippen LogP contribution in [0, 0.1) is 11.8 Å². The van der Waals surface area contributed by atoms with Gasteiger partial charge in [0.2, 0.25) is 23.6 Å². The summed E-state index contributed by atoms with van der Waals surface area (Å²) >= 11 is 4.10. The first-order valence-corrected chi connectivity index (χ1v) is 11.2. The highest BCUT2D eigenvalue weighted by Gasteiger charge is 2.30. The van der Waals surface area contributed by atoms with Crippen LogP contribution in [0.15, 0.2) is 0 Å². The number of aliphatic carboxylic acids is 1.